The van der Waals surface area contributed by atoms with Gasteiger partial charge >= 0.3 is 12.0 Å². The molecule has 1 aromatic rings. The van der Waals surface area contributed by atoms with E-state index in [1.165, 1.54) is 23.4 Å². The molecule has 1 amide bonds. The van der Waals surface area contributed by atoms with Gasteiger partial charge in [-0.1, -0.05) is 0 Å². The van der Waals surface area contributed by atoms with Crippen LogP contribution >= 0.6 is 0 Å². The first-order valence-electron chi connectivity index (χ1n) is 7.27. The van der Waals surface area contributed by atoms with E-state index in [0.717, 1.165) is 13.1 Å². The summed E-state index contributed by atoms with van der Waals surface area (Å²) < 4.78 is 15.6. The lowest BCUT2D eigenvalue weighted by Crippen LogP contribution is -2.99. The molecule has 10 nitrogen and oxygen atoms in total. The van der Waals surface area contributed by atoms with Gasteiger partial charge in [0.15, 0.2) is 5.76 Å². The SMILES string of the molecule is O=C1OC(CN2CCOCC2)CN1/N=C/c1ccc([NH+]([O-])O)o1. The summed E-state index contributed by atoms with van der Waals surface area (Å²) in [5.74, 6) is 0.0764. The van der Waals surface area contributed by atoms with Gasteiger partial charge in [-0.25, -0.2) is 10.0 Å². The number of hydrogen-bond donors (Lipinski definition) is 2. The molecule has 0 saturated carbocycles. The molecule has 3 rings (SSSR count). The average Bonchev–Trinajstić information content (AvgIpc) is 3.13. The fourth-order valence-corrected chi connectivity index (χ4v) is 2.43. The highest BCUT2D eigenvalue weighted by atomic mass is 16.8. The Morgan fingerprint density at radius 2 is 2.22 bits per heavy atom. The molecule has 10 heteroatoms. The first-order chi connectivity index (χ1) is 11.1. The number of morpholine rings is 1. The Morgan fingerprint density at radius 1 is 1.43 bits per heavy atom. The minimum absolute atomic E-state index is 0.180. The number of hydrogen-bond acceptors (Lipinski definition) is 8. The lowest BCUT2D eigenvalue weighted by atomic mass is 10.3. The minimum Gasteiger partial charge on any atom is -0.592 e. The number of amides is 1. The second kappa shape index (κ2) is 7.06. The van der Waals surface area contributed by atoms with E-state index < -0.39 is 11.3 Å². The van der Waals surface area contributed by atoms with Crippen LogP contribution in [-0.4, -0.2) is 72.9 Å². The molecule has 2 aliphatic heterocycles. The molecule has 126 valence electrons. The van der Waals surface area contributed by atoms with Gasteiger partial charge in [0.05, 0.1) is 26.0 Å². The first-order valence-corrected chi connectivity index (χ1v) is 7.27. The third kappa shape index (κ3) is 4.06. The molecule has 1 aromatic heterocycles. The standard InChI is InChI=1S/C13H18N4O6/c18-13-16(14-7-10-1-2-12(22-10)17(19)20)9-11(23-13)8-15-3-5-21-6-4-15/h1-2,7,11,17,19H,3-6,8-9H2/b14-7+. The van der Waals surface area contributed by atoms with Crippen molar-refractivity contribution in [2.45, 2.75) is 6.10 Å². The number of furan rings is 1. The van der Waals surface area contributed by atoms with Gasteiger partial charge < -0.3 is 19.1 Å². The number of nitrogens with one attached hydrogen (secondary N) is 1. The molecular formula is C13H18N4O6. The molecule has 0 radical (unpaired) electrons. The van der Waals surface area contributed by atoms with Crippen molar-refractivity contribution in [1.82, 2.24) is 9.91 Å². The van der Waals surface area contributed by atoms with E-state index in [-0.39, 0.29) is 17.7 Å². The van der Waals surface area contributed by atoms with E-state index in [2.05, 4.69) is 10.0 Å². The number of hydrazone groups is 1. The molecule has 2 fully saturated rings. The number of rotatable bonds is 5. The summed E-state index contributed by atoms with van der Waals surface area (Å²) >= 11 is 0. The van der Waals surface area contributed by atoms with Gasteiger partial charge in [0.2, 0.25) is 0 Å². The molecule has 0 bridgehead atoms. The van der Waals surface area contributed by atoms with E-state index >= 15 is 0 Å². The third-order valence-electron chi connectivity index (χ3n) is 3.58. The topological polar surface area (TPSA) is 115 Å². The van der Waals surface area contributed by atoms with Gasteiger partial charge in [0.25, 0.3) is 0 Å². The molecule has 0 aromatic carbocycles. The Hall–Kier alpha value is -1.98. The minimum atomic E-state index is -1.16. The highest BCUT2D eigenvalue weighted by Gasteiger charge is 2.32. The second-order valence-electron chi connectivity index (χ2n) is 5.25. The Morgan fingerprint density at radius 3 is 2.91 bits per heavy atom. The number of carbonyl (C=O) groups is 1. The maximum absolute atomic E-state index is 11.8. The molecule has 23 heavy (non-hydrogen) atoms. The maximum atomic E-state index is 11.8. The normalized spacial score (nSPS) is 24.3. The maximum Gasteiger partial charge on any atom is 0.430 e. The molecule has 3 heterocycles. The van der Waals surface area contributed by atoms with Crippen LogP contribution in [0.1, 0.15) is 5.76 Å². The van der Waals surface area contributed by atoms with Gasteiger partial charge in [-0.2, -0.15) is 15.3 Å². The van der Waals surface area contributed by atoms with Crippen molar-refractivity contribution in [3.63, 3.8) is 0 Å². The number of nitrogens with zero attached hydrogens (tertiary/aromatic N) is 3. The highest BCUT2D eigenvalue weighted by Crippen LogP contribution is 2.14. The molecule has 2 atom stereocenters. The Balaban J connectivity index is 1.53. The van der Waals surface area contributed by atoms with Crippen LogP contribution in [0.25, 0.3) is 0 Å². The lowest BCUT2D eigenvalue weighted by Gasteiger charge is -2.27. The summed E-state index contributed by atoms with van der Waals surface area (Å²) in [7, 11) is 0. The molecule has 0 aliphatic carbocycles. The van der Waals surface area contributed by atoms with Crippen LogP contribution in [0.15, 0.2) is 21.7 Å². The van der Waals surface area contributed by atoms with E-state index in [4.69, 9.17) is 19.1 Å². The second-order valence-corrected chi connectivity index (χ2v) is 5.25. The zero-order valence-electron chi connectivity index (χ0n) is 12.4. The predicted molar refractivity (Wildman–Crippen MR) is 76.3 cm³/mol. The van der Waals surface area contributed by atoms with Gasteiger partial charge in [-0.05, 0) is 6.07 Å². The molecular weight excluding hydrogens is 308 g/mol. The van der Waals surface area contributed by atoms with Crippen molar-refractivity contribution in [2.75, 3.05) is 39.4 Å². The Labute approximate surface area is 132 Å². The summed E-state index contributed by atoms with van der Waals surface area (Å²) in [6.45, 7) is 4.01. The quantitative estimate of drug-likeness (QED) is 0.536. The summed E-state index contributed by atoms with van der Waals surface area (Å²) in [6.07, 6.45) is 0.526. The summed E-state index contributed by atoms with van der Waals surface area (Å²) in [4.78, 5) is 14.0. The van der Waals surface area contributed by atoms with Crippen LogP contribution in [0.5, 0.6) is 0 Å². The summed E-state index contributed by atoms with van der Waals surface area (Å²) in [5, 5.41) is 23.5. The van der Waals surface area contributed by atoms with Crippen molar-refractivity contribution in [1.29, 1.82) is 0 Å². The fraction of sp³-hybridized carbons (Fsp3) is 0.538. The average molecular weight is 326 g/mol. The number of quaternary nitrogens is 1. The van der Waals surface area contributed by atoms with E-state index in [1.807, 2.05) is 0 Å². The van der Waals surface area contributed by atoms with Crippen molar-refractivity contribution in [3.8, 4) is 0 Å². The highest BCUT2D eigenvalue weighted by molar-refractivity contribution is 5.78. The molecule has 2 aliphatic rings. The lowest BCUT2D eigenvalue weighted by molar-refractivity contribution is -0.997. The Bertz CT molecular complexity index is 569. The number of carbonyl (C=O) groups excluding carboxylic acids is 1. The third-order valence-corrected chi connectivity index (χ3v) is 3.58. The van der Waals surface area contributed by atoms with Crippen molar-refractivity contribution >= 4 is 18.2 Å². The van der Waals surface area contributed by atoms with Crippen LogP contribution in [0, 0.1) is 5.21 Å². The van der Waals surface area contributed by atoms with E-state index in [9.17, 15) is 10.0 Å². The van der Waals surface area contributed by atoms with Crippen LogP contribution in [0.4, 0.5) is 10.7 Å². The first kappa shape index (κ1) is 15.9. The van der Waals surface area contributed by atoms with E-state index in [1.54, 1.807) is 0 Å². The zero-order chi connectivity index (χ0) is 16.2. The monoisotopic (exact) mass is 326 g/mol. The van der Waals surface area contributed by atoms with Crippen LogP contribution in [0.3, 0.4) is 0 Å². The van der Waals surface area contributed by atoms with Crippen molar-refractivity contribution in [2.24, 2.45) is 5.10 Å². The summed E-state index contributed by atoms with van der Waals surface area (Å²) in [5.41, 5.74) is 0. The number of cyclic esters (lactones) is 1. The molecule has 2 N–H and O–H groups in total. The van der Waals surface area contributed by atoms with Gasteiger partial charge in [-0.15, -0.1) is 0 Å². The van der Waals surface area contributed by atoms with Gasteiger partial charge in [-0.3, -0.25) is 4.90 Å². The summed E-state index contributed by atoms with van der Waals surface area (Å²) in [6, 6.07) is 2.80. The van der Waals surface area contributed by atoms with Crippen LogP contribution < -0.4 is 5.23 Å². The zero-order valence-corrected chi connectivity index (χ0v) is 12.4. The molecule has 0 spiro atoms. The van der Waals surface area contributed by atoms with Gasteiger partial charge in [0.1, 0.15) is 6.10 Å². The van der Waals surface area contributed by atoms with Crippen LogP contribution in [0.2, 0.25) is 0 Å². The largest absolute Gasteiger partial charge is 0.592 e. The molecule has 2 unspecified atom stereocenters. The van der Waals surface area contributed by atoms with Gasteiger partial charge in [0, 0.05) is 25.7 Å². The van der Waals surface area contributed by atoms with Crippen LogP contribution in [-0.2, 0) is 9.47 Å². The molecule has 2 saturated heterocycles. The van der Waals surface area contributed by atoms with Crippen molar-refractivity contribution in [3.05, 3.63) is 23.1 Å². The fourth-order valence-electron chi connectivity index (χ4n) is 2.43. The Kier molecular flexibility index (Phi) is 4.88. The smallest absolute Gasteiger partial charge is 0.430 e. The number of ether oxygens (including phenoxy) is 2. The predicted octanol–water partition coefficient (Wildman–Crippen LogP) is -0.830. The van der Waals surface area contributed by atoms with Crippen molar-refractivity contribution < 1.29 is 29.1 Å². The van der Waals surface area contributed by atoms with E-state index in [0.29, 0.717) is 26.3 Å².